The lowest BCUT2D eigenvalue weighted by Gasteiger charge is -2.13. The maximum atomic E-state index is 11.2. The Morgan fingerprint density at radius 2 is 1.48 bits per heavy atom. The van der Waals surface area contributed by atoms with Gasteiger partial charge in [-0.25, -0.2) is 14.9 Å². The molecule has 0 N–H and O–H groups in total. The van der Waals surface area contributed by atoms with Gasteiger partial charge < -0.3 is 4.74 Å². The van der Waals surface area contributed by atoms with Crippen LogP contribution in [-0.4, -0.2) is 49.8 Å². The Labute approximate surface area is 114 Å². The molecule has 15 heteroatoms. The number of nitro groups is 4. The van der Waals surface area contributed by atoms with Crippen LogP contribution in [0.1, 0.15) is 13.3 Å². The Bertz CT molecular complexity index is 441. The summed E-state index contributed by atoms with van der Waals surface area (Å²) < 4.78 is 4.25. The third-order valence-corrected chi connectivity index (χ3v) is 2.21. The zero-order valence-corrected chi connectivity index (χ0v) is 10.4. The Hall–Kier alpha value is -3.13. The monoisotopic (exact) mass is 311 g/mol. The average Bonchev–Trinajstić information content (AvgIpc) is 2.32. The van der Waals surface area contributed by atoms with Crippen molar-refractivity contribution in [2.45, 2.75) is 19.1 Å². The molecule has 0 aromatic carbocycles. The summed E-state index contributed by atoms with van der Waals surface area (Å²) in [6.07, 6.45) is -3.06. The molecule has 0 aliphatic rings. The van der Waals surface area contributed by atoms with Crippen LogP contribution >= 0.6 is 0 Å². The maximum absolute atomic E-state index is 11.2. The molecule has 0 aliphatic heterocycles. The van der Waals surface area contributed by atoms with Gasteiger partial charge in [0.1, 0.15) is 6.54 Å². The molecule has 1 amide bonds. The van der Waals surface area contributed by atoms with E-state index in [0.29, 0.717) is 0 Å². The number of ether oxygens (including phenoxy) is 1. The Morgan fingerprint density at radius 3 is 1.76 bits per heavy atom. The van der Waals surface area contributed by atoms with E-state index in [1.807, 2.05) is 0 Å². The Balaban J connectivity index is 5.33. The molecule has 0 saturated heterocycles. The zero-order valence-electron chi connectivity index (χ0n) is 10.4. The lowest BCUT2D eigenvalue weighted by molar-refractivity contribution is -0.970. The minimum absolute atomic E-state index is 0.270. The highest BCUT2D eigenvalue weighted by molar-refractivity contribution is 5.65. The van der Waals surface area contributed by atoms with E-state index in [1.165, 1.54) is 6.92 Å². The maximum Gasteiger partial charge on any atom is 0.701 e. The van der Waals surface area contributed by atoms with Gasteiger partial charge in [0.15, 0.2) is 26.2 Å². The highest BCUT2D eigenvalue weighted by atomic mass is 16.7. The lowest BCUT2D eigenvalue weighted by atomic mass is 10.2. The van der Waals surface area contributed by atoms with Crippen molar-refractivity contribution < 1.29 is 29.3 Å². The highest BCUT2D eigenvalue weighted by Crippen LogP contribution is 2.18. The third-order valence-electron chi connectivity index (χ3n) is 2.21. The van der Waals surface area contributed by atoms with Gasteiger partial charge in [-0.1, -0.05) is 0 Å². The molecule has 0 heterocycles. The number of hydrazine groups is 1. The highest BCUT2D eigenvalue weighted by Gasteiger charge is 2.70. The van der Waals surface area contributed by atoms with Crippen LogP contribution in [0.4, 0.5) is 4.79 Å². The topological polar surface area (TPSA) is 202 Å². The molecular weight excluding hydrogens is 302 g/mol. The molecule has 0 aliphatic carbocycles. The molecule has 0 radical (unpaired) electrons. The summed E-state index contributed by atoms with van der Waals surface area (Å²) in [5, 5.41) is 40.7. The van der Waals surface area contributed by atoms with Gasteiger partial charge in [-0.3, -0.25) is 30.3 Å². The molecule has 118 valence electrons. The lowest BCUT2D eigenvalue weighted by Crippen LogP contribution is -2.55. The van der Waals surface area contributed by atoms with E-state index in [9.17, 15) is 45.3 Å². The fourth-order valence-corrected chi connectivity index (χ4v) is 1.17. The van der Waals surface area contributed by atoms with Crippen LogP contribution in [0, 0.1) is 40.5 Å². The second-order valence-electron chi connectivity index (χ2n) is 3.36. The number of rotatable bonds is 8. The van der Waals surface area contributed by atoms with E-state index >= 15 is 0 Å². The van der Waals surface area contributed by atoms with Gasteiger partial charge in [-0.05, 0) is 11.9 Å². The summed E-state index contributed by atoms with van der Waals surface area (Å²) in [5.74, 6) is -3.89. The molecule has 0 rings (SSSR count). The first-order valence-electron chi connectivity index (χ1n) is 5.13. The quantitative estimate of drug-likeness (QED) is 0.319. The van der Waals surface area contributed by atoms with Crippen LogP contribution in [0.15, 0.2) is 0 Å². The number of nitrogens with zero attached hydrogens (tertiary/aromatic N) is 5. The SMILES string of the molecule is CCOC(=O)N(CCC([N+](=O)[O-])([N+](=O)[O-])[N+](=O)[O-])[N+](=O)[O-]. The average molecular weight is 311 g/mol. The van der Waals surface area contributed by atoms with Crippen molar-refractivity contribution in [3.8, 4) is 0 Å². The first kappa shape index (κ1) is 17.9. The van der Waals surface area contributed by atoms with E-state index in [1.54, 1.807) is 0 Å². The second-order valence-corrected chi connectivity index (χ2v) is 3.36. The van der Waals surface area contributed by atoms with Crippen molar-refractivity contribution in [2.75, 3.05) is 13.2 Å². The summed E-state index contributed by atoms with van der Waals surface area (Å²) in [7, 11) is 0. The van der Waals surface area contributed by atoms with Crippen molar-refractivity contribution in [1.82, 2.24) is 5.01 Å². The van der Waals surface area contributed by atoms with Gasteiger partial charge in [0.05, 0.1) is 6.61 Å². The van der Waals surface area contributed by atoms with Crippen molar-refractivity contribution >= 4 is 6.09 Å². The summed E-state index contributed by atoms with van der Waals surface area (Å²) >= 11 is 0. The molecule has 0 spiro atoms. The van der Waals surface area contributed by atoms with Gasteiger partial charge in [0.2, 0.25) is 0 Å². The van der Waals surface area contributed by atoms with Crippen LogP contribution in [0.3, 0.4) is 0 Å². The number of hydrogen-bond donors (Lipinski definition) is 0. The molecule has 0 aromatic rings. The number of carbonyl (C=O) groups excluding carboxylic acids is 1. The summed E-state index contributed by atoms with van der Waals surface area (Å²) in [6.45, 7) is -0.214. The molecule has 0 fully saturated rings. The van der Waals surface area contributed by atoms with Gasteiger partial charge in [-0.2, -0.15) is 0 Å². The summed E-state index contributed by atoms with van der Waals surface area (Å²) in [6, 6.07) is 0. The van der Waals surface area contributed by atoms with E-state index in [2.05, 4.69) is 4.74 Å². The van der Waals surface area contributed by atoms with E-state index in [-0.39, 0.29) is 11.6 Å². The van der Waals surface area contributed by atoms with Crippen LogP contribution in [0.5, 0.6) is 0 Å². The molecule has 0 bridgehead atoms. The summed E-state index contributed by atoms with van der Waals surface area (Å²) in [5.41, 5.74) is 0. The van der Waals surface area contributed by atoms with Crippen molar-refractivity contribution in [3.05, 3.63) is 40.5 Å². The predicted octanol–water partition coefficient (Wildman–Crippen LogP) is -0.489. The molecule has 0 atom stereocenters. The van der Waals surface area contributed by atoms with Crippen molar-refractivity contribution in [1.29, 1.82) is 0 Å². The van der Waals surface area contributed by atoms with Crippen LogP contribution in [-0.2, 0) is 4.74 Å². The molecular formula is C6H9N5O10. The van der Waals surface area contributed by atoms with Crippen LogP contribution in [0.2, 0.25) is 0 Å². The minimum Gasteiger partial charge on any atom is -0.446 e. The zero-order chi connectivity index (χ0) is 16.8. The van der Waals surface area contributed by atoms with Gasteiger partial charge in [0, 0.05) is 0 Å². The standard InChI is InChI=1S/C6H9N5O10/c1-2-21-5(12)7(11(19)20)4-3-6(8(13)14,9(15)16)10(17)18/h2-4H2,1H3. The van der Waals surface area contributed by atoms with Gasteiger partial charge in [-0.15, -0.1) is 0 Å². The Morgan fingerprint density at radius 1 is 1.05 bits per heavy atom. The molecule has 0 unspecified atom stereocenters. The molecule has 15 nitrogen and oxygen atoms in total. The smallest absolute Gasteiger partial charge is 0.446 e. The third kappa shape index (κ3) is 3.67. The van der Waals surface area contributed by atoms with E-state index in [4.69, 9.17) is 0 Å². The number of hydrogen-bond acceptors (Lipinski definition) is 10. The number of amides is 1. The second kappa shape index (κ2) is 6.87. The first-order valence-corrected chi connectivity index (χ1v) is 5.13. The number of carbonyl (C=O) groups is 1. The predicted molar refractivity (Wildman–Crippen MR) is 59.1 cm³/mol. The fraction of sp³-hybridized carbons (Fsp3) is 0.833. The van der Waals surface area contributed by atoms with Gasteiger partial charge >= 0.3 is 11.9 Å². The molecule has 0 saturated carbocycles. The normalized spacial score (nSPS) is 10.5. The van der Waals surface area contributed by atoms with Crippen LogP contribution in [0.25, 0.3) is 0 Å². The summed E-state index contributed by atoms with van der Waals surface area (Å²) in [4.78, 5) is 48.1. The van der Waals surface area contributed by atoms with Crippen molar-refractivity contribution in [2.24, 2.45) is 0 Å². The van der Waals surface area contributed by atoms with Gasteiger partial charge in [0.25, 0.3) is 0 Å². The minimum atomic E-state index is -3.89. The molecule has 21 heavy (non-hydrogen) atoms. The van der Waals surface area contributed by atoms with E-state index in [0.717, 1.165) is 0 Å². The fourth-order valence-electron chi connectivity index (χ4n) is 1.17. The molecule has 0 aromatic heterocycles. The van der Waals surface area contributed by atoms with Crippen molar-refractivity contribution in [3.63, 3.8) is 0 Å². The first-order chi connectivity index (χ1) is 9.61. The van der Waals surface area contributed by atoms with E-state index < -0.39 is 44.6 Å². The van der Waals surface area contributed by atoms with Crippen LogP contribution < -0.4 is 0 Å². The Kier molecular flexibility index (Phi) is 5.85. The largest absolute Gasteiger partial charge is 0.701 e.